The van der Waals surface area contributed by atoms with Gasteiger partial charge in [-0.05, 0) is 60.7 Å². The normalized spacial score (nSPS) is 12.8. The van der Waals surface area contributed by atoms with Crippen molar-refractivity contribution in [1.82, 2.24) is 14.6 Å². The number of fused-ring (bicyclic) bond motifs is 1. The van der Waals surface area contributed by atoms with Crippen LogP contribution in [0.3, 0.4) is 0 Å². The summed E-state index contributed by atoms with van der Waals surface area (Å²) < 4.78 is 7.68. The van der Waals surface area contributed by atoms with Gasteiger partial charge in [-0.3, -0.25) is 4.79 Å². The second-order valence-electron chi connectivity index (χ2n) is 8.61. The number of hydrogen-bond acceptors (Lipinski definition) is 5. The lowest BCUT2D eigenvalue weighted by atomic mass is 9.87. The molecule has 6 heteroatoms. The van der Waals surface area contributed by atoms with Gasteiger partial charge in [-0.25, -0.2) is 0 Å². The van der Waals surface area contributed by atoms with E-state index in [0.717, 1.165) is 16.9 Å². The second kappa shape index (κ2) is 7.69. The van der Waals surface area contributed by atoms with Crippen LogP contribution in [0.4, 0.5) is 0 Å². The standard InChI is InChI=1S/C24H25N3O2S/c1-15(2)29-19-12-8-17(9-13-19)21-25-23-27(26-21)22(28)20(30-23)14-16-6-10-18(11-7-16)24(3,4)5/h6-15H,1-5H3/b20-14+. The minimum Gasteiger partial charge on any atom is -0.491 e. The Hall–Kier alpha value is -2.99. The van der Waals surface area contributed by atoms with Crippen molar-refractivity contribution in [2.45, 2.75) is 46.1 Å². The molecule has 0 radical (unpaired) electrons. The molecule has 0 fully saturated rings. The van der Waals surface area contributed by atoms with E-state index in [2.05, 4.69) is 43.0 Å². The predicted molar refractivity (Wildman–Crippen MR) is 122 cm³/mol. The van der Waals surface area contributed by atoms with Gasteiger partial charge >= 0.3 is 0 Å². The zero-order valence-electron chi connectivity index (χ0n) is 17.8. The van der Waals surface area contributed by atoms with E-state index >= 15 is 0 Å². The molecular formula is C24H25N3O2S. The maximum Gasteiger partial charge on any atom is 0.291 e. The van der Waals surface area contributed by atoms with E-state index in [1.807, 2.05) is 56.3 Å². The van der Waals surface area contributed by atoms with E-state index in [0.29, 0.717) is 15.3 Å². The Bertz CT molecular complexity index is 1280. The molecule has 2 aromatic carbocycles. The highest BCUT2D eigenvalue weighted by atomic mass is 32.1. The Morgan fingerprint density at radius 3 is 2.27 bits per heavy atom. The fourth-order valence-electron chi connectivity index (χ4n) is 3.14. The molecule has 0 spiro atoms. The molecule has 0 aliphatic carbocycles. The first-order chi connectivity index (χ1) is 14.2. The smallest absolute Gasteiger partial charge is 0.291 e. The van der Waals surface area contributed by atoms with Gasteiger partial charge < -0.3 is 4.74 Å². The summed E-state index contributed by atoms with van der Waals surface area (Å²) in [5.74, 6) is 1.34. The number of aromatic nitrogens is 3. The topological polar surface area (TPSA) is 56.5 Å². The van der Waals surface area contributed by atoms with Crippen molar-refractivity contribution in [3.05, 3.63) is 74.5 Å². The molecule has 0 amide bonds. The van der Waals surface area contributed by atoms with E-state index in [9.17, 15) is 4.79 Å². The number of nitrogens with zero attached hydrogens (tertiary/aromatic N) is 3. The van der Waals surface area contributed by atoms with Crippen molar-refractivity contribution in [3.8, 4) is 17.1 Å². The number of thiazole rings is 1. The zero-order valence-corrected chi connectivity index (χ0v) is 18.7. The number of hydrogen-bond donors (Lipinski definition) is 0. The first-order valence-electron chi connectivity index (χ1n) is 10.00. The molecule has 0 bridgehead atoms. The number of benzene rings is 2. The summed E-state index contributed by atoms with van der Waals surface area (Å²) >= 11 is 1.35. The molecule has 4 rings (SSSR count). The van der Waals surface area contributed by atoms with Gasteiger partial charge in [0.2, 0.25) is 4.96 Å². The van der Waals surface area contributed by atoms with Crippen LogP contribution in [-0.2, 0) is 5.41 Å². The van der Waals surface area contributed by atoms with Crippen molar-refractivity contribution in [3.63, 3.8) is 0 Å². The third-order valence-corrected chi connectivity index (χ3v) is 5.70. The molecule has 0 saturated heterocycles. The van der Waals surface area contributed by atoms with Crippen LogP contribution >= 0.6 is 11.3 Å². The van der Waals surface area contributed by atoms with Crippen molar-refractivity contribution in [2.24, 2.45) is 0 Å². The highest BCUT2D eigenvalue weighted by Crippen LogP contribution is 2.23. The lowest BCUT2D eigenvalue weighted by molar-refractivity contribution is 0.242. The highest BCUT2D eigenvalue weighted by molar-refractivity contribution is 7.15. The lowest BCUT2D eigenvalue weighted by Crippen LogP contribution is -2.23. The van der Waals surface area contributed by atoms with Crippen molar-refractivity contribution in [2.75, 3.05) is 0 Å². The van der Waals surface area contributed by atoms with E-state index in [4.69, 9.17) is 4.74 Å². The fourth-order valence-corrected chi connectivity index (χ4v) is 4.05. The second-order valence-corrected chi connectivity index (χ2v) is 9.62. The van der Waals surface area contributed by atoms with Gasteiger partial charge in [-0.1, -0.05) is 56.4 Å². The van der Waals surface area contributed by atoms with Gasteiger partial charge in [-0.2, -0.15) is 9.50 Å². The van der Waals surface area contributed by atoms with Gasteiger partial charge in [0.05, 0.1) is 10.6 Å². The van der Waals surface area contributed by atoms with Gasteiger partial charge in [0.1, 0.15) is 5.75 Å². The first-order valence-corrected chi connectivity index (χ1v) is 10.8. The molecule has 0 atom stereocenters. The molecule has 30 heavy (non-hydrogen) atoms. The van der Waals surface area contributed by atoms with Crippen molar-refractivity contribution >= 4 is 22.4 Å². The Labute approximate surface area is 179 Å². The van der Waals surface area contributed by atoms with E-state index in [1.165, 1.54) is 21.4 Å². The van der Waals surface area contributed by atoms with E-state index in [1.54, 1.807) is 0 Å². The van der Waals surface area contributed by atoms with Crippen molar-refractivity contribution < 1.29 is 4.74 Å². The molecule has 0 aliphatic heterocycles. The van der Waals surface area contributed by atoms with Crippen LogP contribution in [0.2, 0.25) is 0 Å². The van der Waals surface area contributed by atoms with Gasteiger partial charge in [0.15, 0.2) is 5.82 Å². The molecule has 2 heterocycles. The SMILES string of the molecule is CC(C)Oc1ccc(-c2nc3s/c(=C/c4ccc(C(C)(C)C)cc4)c(=O)n3n2)cc1. The fraction of sp³-hybridized carbons (Fsp3) is 0.292. The third-order valence-electron chi connectivity index (χ3n) is 4.74. The van der Waals surface area contributed by atoms with Crippen LogP contribution in [0.5, 0.6) is 5.75 Å². The summed E-state index contributed by atoms with van der Waals surface area (Å²) in [4.78, 5) is 17.9. The Morgan fingerprint density at radius 1 is 1.03 bits per heavy atom. The van der Waals surface area contributed by atoms with Crippen LogP contribution in [0.15, 0.2) is 53.3 Å². The quantitative estimate of drug-likeness (QED) is 0.490. The van der Waals surface area contributed by atoms with Crippen LogP contribution in [-0.4, -0.2) is 20.7 Å². The van der Waals surface area contributed by atoms with Crippen molar-refractivity contribution in [1.29, 1.82) is 0 Å². The van der Waals surface area contributed by atoms with E-state index in [-0.39, 0.29) is 17.1 Å². The minimum atomic E-state index is -0.145. The molecule has 0 unspecified atom stereocenters. The molecular weight excluding hydrogens is 394 g/mol. The third kappa shape index (κ3) is 4.14. The average Bonchev–Trinajstić information content (AvgIpc) is 3.21. The van der Waals surface area contributed by atoms with Crippen LogP contribution in [0.1, 0.15) is 45.7 Å². The summed E-state index contributed by atoms with van der Waals surface area (Å²) in [6.45, 7) is 10.5. The molecule has 5 nitrogen and oxygen atoms in total. The number of rotatable bonds is 4. The summed E-state index contributed by atoms with van der Waals surface area (Å²) in [5, 5.41) is 4.42. The molecule has 2 aromatic heterocycles. The van der Waals surface area contributed by atoms with E-state index < -0.39 is 0 Å². The summed E-state index contributed by atoms with van der Waals surface area (Å²) in [7, 11) is 0. The molecule has 154 valence electrons. The van der Waals surface area contributed by atoms with Crippen LogP contribution in [0, 0.1) is 0 Å². The summed E-state index contributed by atoms with van der Waals surface area (Å²) in [5.41, 5.74) is 3.06. The lowest BCUT2D eigenvalue weighted by Gasteiger charge is -2.18. The maximum atomic E-state index is 12.8. The summed E-state index contributed by atoms with van der Waals surface area (Å²) in [6, 6.07) is 15.9. The summed E-state index contributed by atoms with van der Waals surface area (Å²) in [6.07, 6.45) is 2.02. The Morgan fingerprint density at radius 2 is 1.70 bits per heavy atom. The molecule has 4 aromatic rings. The predicted octanol–water partition coefficient (Wildman–Crippen LogP) is 4.45. The zero-order chi connectivity index (χ0) is 21.5. The minimum absolute atomic E-state index is 0.102. The molecule has 0 aliphatic rings. The van der Waals surface area contributed by atoms with Gasteiger partial charge in [0.25, 0.3) is 5.56 Å². The molecule has 0 N–H and O–H groups in total. The van der Waals surface area contributed by atoms with Crippen LogP contribution in [0.25, 0.3) is 22.4 Å². The largest absolute Gasteiger partial charge is 0.491 e. The number of ether oxygens (including phenoxy) is 1. The van der Waals surface area contributed by atoms with Crippen LogP contribution < -0.4 is 14.8 Å². The van der Waals surface area contributed by atoms with Gasteiger partial charge in [0, 0.05) is 5.56 Å². The monoisotopic (exact) mass is 419 g/mol. The molecule has 0 saturated carbocycles. The van der Waals surface area contributed by atoms with Gasteiger partial charge in [-0.15, -0.1) is 5.10 Å². The Kier molecular flexibility index (Phi) is 5.20. The Balaban J connectivity index is 1.64. The maximum absolute atomic E-state index is 12.8. The highest BCUT2D eigenvalue weighted by Gasteiger charge is 2.14. The first kappa shape index (κ1) is 20.3. The average molecular weight is 420 g/mol.